The fourth-order valence-electron chi connectivity index (χ4n) is 1.36. The van der Waals surface area contributed by atoms with Crippen LogP contribution in [-0.2, 0) is 4.79 Å². The Morgan fingerprint density at radius 3 is 2.50 bits per heavy atom. The normalized spacial score (nSPS) is 16.6. The van der Waals surface area contributed by atoms with Gasteiger partial charge in [-0.15, -0.1) is 11.8 Å². The van der Waals surface area contributed by atoms with Gasteiger partial charge in [0.15, 0.2) is 5.78 Å². The molecule has 94 valence electrons. The molecule has 16 heavy (non-hydrogen) atoms. The zero-order chi connectivity index (χ0) is 12.8. The van der Waals surface area contributed by atoms with E-state index >= 15 is 0 Å². The minimum Gasteiger partial charge on any atom is -0.394 e. The minimum atomic E-state index is -0.833. The molecule has 2 N–H and O–H groups in total. The Balaban J connectivity index is 4.65. The zero-order valence-corrected chi connectivity index (χ0v) is 11.1. The van der Waals surface area contributed by atoms with Gasteiger partial charge in [-0.2, -0.15) is 0 Å². The third-order valence-electron chi connectivity index (χ3n) is 2.65. The first-order chi connectivity index (χ1) is 7.37. The van der Waals surface area contributed by atoms with Gasteiger partial charge in [-0.25, -0.2) is 0 Å². The number of hydrogen-bond donors (Lipinski definition) is 2. The number of carbonyl (C=O) groups excluding carboxylic acids is 1. The van der Waals surface area contributed by atoms with E-state index in [0.29, 0.717) is 4.91 Å². The molecule has 0 aromatic rings. The monoisotopic (exact) mass is 246 g/mol. The molecule has 0 saturated heterocycles. The molecule has 2 atom stereocenters. The molecule has 4 heteroatoms. The summed E-state index contributed by atoms with van der Waals surface area (Å²) >= 11 is 1.27. The molecule has 0 aromatic heterocycles. The molecule has 0 bridgehead atoms. The summed E-state index contributed by atoms with van der Waals surface area (Å²) in [6.45, 7) is 8.78. The molecule has 0 aliphatic carbocycles. The number of allylic oxidation sites excluding steroid dienone is 1. The van der Waals surface area contributed by atoms with Crippen LogP contribution in [0.25, 0.3) is 0 Å². The second kappa shape index (κ2) is 7.09. The van der Waals surface area contributed by atoms with Crippen molar-refractivity contribution in [1.82, 2.24) is 0 Å². The van der Waals surface area contributed by atoms with Crippen molar-refractivity contribution < 1.29 is 15.0 Å². The van der Waals surface area contributed by atoms with E-state index in [9.17, 15) is 9.90 Å². The van der Waals surface area contributed by atoms with Crippen molar-refractivity contribution in [2.45, 2.75) is 50.9 Å². The molecule has 0 rings (SSSR count). The van der Waals surface area contributed by atoms with E-state index in [2.05, 4.69) is 13.5 Å². The second-order valence-electron chi connectivity index (χ2n) is 4.20. The van der Waals surface area contributed by atoms with Crippen molar-refractivity contribution >= 4 is 17.5 Å². The number of hydrogen-bond acceptors (Lipinski definition) is 4. The average Bonchev–Trinajstić information content (AvgIpc) is 2.24. The van der Waals surface area contributed by atoms with Crippen molar-refractivity contribution in [3.63, 3.8) is 0 Å². The molecule has 0 amide bonds. The van der Waals surface area contributed by atoms with Crippen molar-refractivity contribution in [3.8, 4) is 0 Å². The lowest BCUT2D eigenvalue weighted by Crippen LogP contribution is -2.39. The van der Waals surface area contributed by atoms with Crippen LogP contribution in [0.1, 0.15) is 40.0 Å². The van der Waals surface area contributed by atoms with Gasteiger partial charge in [-0.05, 0) is 20.3 Å². The number of rotatable bonds is 8. The molecular formula is C12H22O3S. The van der Waals surface area contributed by atoms with Gasteiger partial charge in [-0.3, -0.25) is 4.79 Å². The highest BCUT2D eigenvalue weighted by molar-refractivity contribution is 8.05. The summed E-state index contributed by atoms with van der Waals surface area (Å²) in [5.41, 5.74) is 0. The van der Waals surface area contributed by atoms with Gasteiger partial charge in [0.25, 0.3) is 0 Å². The Hall–Kier alpha value is -0.320. The SMILES string of the molecule is C=C(SC(C)(CCCC)C(O)CO)C(C)=O. The van der Waals surface area contributed by atoms with Crippen LogP contribution < -0.4 is 0 Å². The summed E-state index contributed by atoms with van der Waals surface area (Å²) < 4.78 is -0.534. The predicted molar refractivity (Wildman–Crippen MR) is 68.4 cm³/mol. The topological polar surface area (TPSA) is 57.5 Å². The van der Waals surface area contributed by atoms with Gasteiger partial charge in [0.1, 0.15) is 0 Å². The molecule has 0 heterocycles. The summed E-state index contributed by atoms with van der Waals surface area (Å²) in [7, 11) is 0. The van der Waals surface area contributed by atoms with Gasteiger partial charge in [-0.1, -0.05) is 26.3 Å². The summed E-state index contributed by atoms with van der Waals surface area (Å²) in [5, 5.41) is 18.9. The van der Waals surface area contributed by atoms with Crippen molar-refractivity contribution in [1.29, 1.82) is 0 Å². The van der Waals surface area contributed by atoms with Crippen LogP contribution in [0.3, 0.4) is 0 Å². The molecule has 0 fully saturated rings. The highest BCUT2D eigenvalue weighted by atomic mass is 32.2. The summed E-state index contributed by atoms with van der Waals surface area (Å²) in [6.07, 6.45) is 1.88. The van der Waals surface area contributed by atoms with E-state index in [-0.39, 0.29) is 12.4 Å². The molecule has 0 aliphatic rings. The van der Waals surface area contributed by atoms with Gasteiger partial charge >= 0.3 is 0 Å². The van der Waals surface area contributed by atoms with Crippen molar-refractivity contribution in [3.05, 3.63) is 11.5 Å². The third kappa shape index (κ3) is 4.68. The van der Waals surface area contributed by atoms with E-state index in [1.54, 1.807) is 0 Å². The zero-order valence-electron chi connectivity index (χ0n) is 10.3. The average molecular weight is 246 g/mol. The first kappa shape index (κ1) is 15.7. The maximum atomic E-state index is 11.1. The molecule has 0 aliphatic heterocycles. The molecule has 0 radical (unpaired) electrons. The largest absolute Gasteiger partial charge is 0.394 e. The van der Waals surface area contributed by atoms with Gasteiger partial charge < -0.3 is 10.2 Å². The summed E-state index contributed by atoms with van der Waals surface area (Å²) in [5.74, 6) is -0.0853. The van der Waals surface area contributed by atoms with E-state index < -0.39 is 10.9 Å². The second-order valence-corrected chi connectivity index (χ2v) is 5.83. The number of Topliss-reactive ketones (excluding diaryl/α,β-unsaturated/α-hetero) is 1. The maximum Gasteiger partial charge on any atom is 0.165 e. The quantitative estimate of drug-likeness (QED) is 0.644. The molecule has 0 saturated carbocycles. The Morgan fingerprint density at radius 1 is 1.56 bits per heavy atom. The first-order valence-corrected chi connectivity index (χ1v) is 6.36. The standard InChI is InChI=1S/C12H22O3S/c1-5-6-7-12(4,11(15)8-13)16-10(3)9(2)14/h11,13,15H,3,5-8H2,1-2,4H3. The fourth-order valence-corrected chi connectivity index (χ4v) is 2.52. The Bertz CT molecular complexity index is 253. The van der Waals surface area contributed by atoms with Crippen LogP contribution in [0.2, 0.25) is 0 Å². The van der Waals surface area contributed by atoms with Gasteiger partial charge in [0.2, 0.25) is 0 Å². The highest BCUT2D eigenvalue weighted by Gasteiger charge is 2.34. The van der Waals surface area contributed by atoms with Crippen LogP contribution >= 0.6 is 11.8 Å². The Labute approximate surface area is 102 Å². The summed E-state index contributed by atoms with van der Waals surface area (Å²) in [4.78, 5) is 11.6. The van der Waals surface area contributed by atoms with Crippen molar-refractivity contribution in [2.24, 2.45) is 0 Å². The van der Waals surface area contributed by atoms with E-state index in [0.717, 1.165) is 19.3 Å². The molecule has 0 spiro atoms. The number of unbranched alkanes of at least 4 members (excludes halogenated alkanes) is 1. The fraction of sp³-hybridized carbons (Fsp3) is 0.750. The van der Waals surface area contributed by atoms with Gasteiger partial charge in [0, 0.05) is 9.65 Å². The number of aliphatic hydroxyl groups is 2. The van der Waals surface area contributed by atoms with Crippen LogP contribution in [-0.4, -0.2) is 33.5 Å². The van der Waals surface area contributed by atoms with Crippen LogP contribution in [0.4, 0.5) is 0 Å². The van der Waals surface area contributed by atoms with Crippen LogP contribution in [0, 0.1) is 0 Å². The smallest absolute Gasteiger partial charge is 0.165 e. The number of thioether (sulfide) groups is 1. The Morgan fingerprint density at radius 2 is 2.12 bits per heavy atom. The molecule has 2 unspecified atom stereocenters. The number of ketones is 1. The van der Waals surface area contributed by atoms with E-state index in [4.69, 9.17) is 5.11 Å². The highest BCUT2D eigenvalue weighted by Crippen LogP contribution is 2.38. The van der Waals surface area contributed by atoms with Crippen LogP contribution in [0.15, 0.2) is 11.5 Å². The summed E-state index contributed by atoms with van der Waals surface area (Å²) in [6, 6.07) is 0. The third-order valence-corrected chi connectivity index (χ3v) is 4.13. The van der Waals surface area contributed by atoms with Gasteiger partial charge in [0.05, 0.1) is 12.7 Å². The molecular weight excluding hydrogens is 224 g/mol. The van der Waals surface area contributed by atoms with E-state index in [1.807, 2.05) is 6.92 Å². The van der Waals surface area contributed by atoms with Crippen molar-refractivity contribution in [2.75, 3.05) is 6.61 Å². The first-order valence-electron chi connectivity index (χ1n) is 5.55. The lowest BCUT2D eigenvalue weighted by Gasteiger charge is -2.33. The predicted octanol–water partition coefficient (Wildman–Crippen LogP) is 2.12. The number of aliphatic hydroxyl groups excluding tert-OH is 2. The maximum absolute atomic E-state index is 11.1. The minimum absolute atomic E-state index is 0.0853. The Kier molecular flexibility index (Phi) is 6.95. The molecule has 3 nitrogen and oxygen atoms in total. The van der Waals surface area contributed by atoms with Crippen LogP contribution in [0.5, 0.6) is 0 Å². The lowest BCUT2D eigenvalue weighted by atomic mass is 9.97. The number of carbonyl (C=O) groups is 1. The lowest BCUT2D eigenvalue weighted by molar-refractivity contribution is -0.112. The van der Waals surface area contributed by atoms with E-state index in [1.165, 1.54) is 18.7 Å². The molecule has 0 aromatic carbocycles.